The molecular weight excluding hydrogens is 342 g/mol. The summed E-state index contributed by atoms with van der Waals surface area (Å²) in [6.07, 6.45) is 3.52. The minimum atomic E-state index is -0.518. The zero-order valence-electron chi connectivity index (χ0n) is 13.6. The van der Waals surface area contributed by atoms with Gasteiger partial charge in [0.1, 0.15) is 28.6 Å². The number of nitrogens with one attached hydrogen (secondary N) is 1. The van der Waals surface area contributed by atoms with Gasteiger partial charge in [0.2, 0.25) is 0 Å². The Morgan fingerprint density at radius 3 is 2.64 bits per heavy atom. The second-order valence-corrected chi connectivity index (χ2v) is 7.23. The van der Waals surface area contributed by atoms with E-state index in [1.54, 1.807) is 17.7 Å². The number of nitrogens with zero attached hydrogens (tertiary/aromatic N) is 3. The van der Waals surface area contributed by atoms with E-state index in [0.717, 1.165) is 48.0 Å². The summed E-state index contributed by atoms with van der Waals surface area (Å²) in [5, 5.41) is 6.60. The van der Waals surface area contributed by atoms with E-state index in [9.17, 15) is 8.78 Å². The van der Waals surface area contributed by atoms with Gasteiger partial charge in [0, 0.05) is 31.7 Å². The van der Waals surface area contributed by atoms with Crippen molar-refractivity contribution in [1.82, 2.24) is 14.9 Å². The molecule has 1 N–H and O–H groups in total. The van der Waals surface area contributed by atoms with Gasteiger partial charge in [-0.05, 0) is 42.0 Å². The maximum Gasteiger partial charge on any atom is 0.138 e. The van der Waals surface area contributed by atoms with Crippen LogP contribution in [0.3, 0.4) is 0 Å². The second-order valence-electron chi connectivity index (χ2n) is 6.33. The van der Waals surface area contributed by atoms with E-state index in [2.05, 4.69) is 20.2 Å². The van der Waals surface area contributed by atoms with Gasteiger partial charge in [0.25, 0.3) is 0 Å². The van der Waals surface area contributed by atoms with E-state index >= 15 is 0 Å². The molecular formula is C18H18F2N4S. The number of fused-ring (bicyclic) bond motifs is 1. The van der Waals surface area contributed by atoms with Gasteiger partial charge < -0.3 is 5.32 Å². The minimum absolute atomic E-state index is 0.346. The first-order valence-corrected chi connectivity index (χ1v) is 9.17. The number of anilines is 1. The lowest BCUT2D eigenvalue weighted by Gasteiger charge is -2.32. The molecule has 1 saturated heterocycles. The fourth-order valence-corrected chi connectivity index (χ4v) is 4.03. The van der Waals surface area contributed by atoms with Crippen molar-refractivity contribution in [1.29, 1.82) is 0 Å². The van der Waals surface area contributed by atoms with Gasteiger partial charge in [-0.25, -0.2) is 18.7 Å². The zero-order valence-corrected chi connectivity index (χ0v) is 14.4. The minimum Gasteiger partial charge on any atom is -0.367 e. The molecule has 3 heterocycles. The molecule has 0 unspecified atom stereocenters. The number of hydrogen-bond donors (Lipinski definition) is 1. The quantitative estimate of drug-likeness (QED) is 0.762. The van der Waals surface area contributed by atoms with Gasteiger partial charge in [-0.3, -0.25) is 4.90 Å². The summed E-state index contributed by atoms with van der Waals surface area (Å²) in [6, 6.07) is 6.10. The predicted molar refractivity (Wildman–Crippen MR) is 95.7 cm³/mol. The molecule has 1 aromatic carbocycles. The third-order valence-corrected chi connectivity index (χ3v) is 5.34. The fourth-order valence-electron chi connectivity index (χ4n) is 3.29. The fraction of sp³-hybridized carbons (Fsp3) is 0.333. The van der Waals surface area contributed by atoms with Crippen LogP contribution in [0.1, 0.15) is 18.4 Å². The first-order valence-electron chi connectivity index (χ1n) is 8.29. The molecule has 0 atom stereocenters. The first-order chi connectivity index (χ1) is 12.2. The summed E-state index contributed by atoms with van der Waals surface area (Å²) < 4.78 is 26.6. The molecule has 3 aromatic rings. The third kappa shape index (κ3) is 3.77. The van der Waals surface area contributed by atoms with Gasteiger partial charge >= 0.3 is 0 Å². The third-order valence-electron chi connectivity index (χ3n) is 4.52. The lowest BCUT2D eigenvalue weighted by atomic mass is 10.0. The molecule has 130 valence electrons. The van der Waals surface area contributed by atoms with Crippen LogP contribution in [0.25, 0.3) is 10.2 Å². The van der Waals surface area contributed by atoms with Crippen LogP contribution >= 0.6 is 11.3 Å². The lowest BCUT2D eigenvalue weighted by molar-refractivity contribution is 0.211. The summed E-state index contributed by atoms with van der Waals surface area (Å²) in [5.41, 5.74) is 0.680. The van der Waals surface area contributed by atoms with Gasteiger partial charge in [-0.15, -0.1) is 11.3 Å². The summed E-state index contributed by atoms with van der Waals surface area (Å²) in [5.74, 6) is -0.151. The SMILES string of the molecule is Fc1cc(F)cc(CN2CCC(Nc3ncnc4sccc34)CC2)c1. The Balaban J connectivity index is 1.36. The molecule has 0 bridgehead atoms. The van der Waals surface area contributed by atoms with E-state index in [0.29, 0.717) is 18.2 Å². The predicted octanol–water partition coefficient (Wildman–Crippen LogP) is 4.05. The number of aromatic nitrogens is 2. The van der Waals surface area contributed by atoms with Crippen LogP contribution in [-0.4, -0.2) is 34.0 Å². The molecule has 4 rings (SSSR count). The summed E-state index contributed by atoms with van der Waals surface area (Å²) >= 11 is 1.61. The van der Waals surface area contributed by atoms with E-state index in [4.69, 9.17) is 0 Å². The van der Waals surface area contributed by atoms with E-state index in [1.165, 1.54) is 12.1 Å². The standard InChI is InChI=1S/C18H18F2N4S/c19-13-7-12(8-14(20)9-13)10-24-4-1-15(2-5-24)23-17-16-3-6-25-18(16)22-11-21-17/h3,6-9,11,15H,1-2,4-5,10H2,(H,21,22,23). The Morgan fingerprint density at radius 2 is 1.88 bits per heavy atom. The highest BCUT2D eigenvalue weighted by atomic mass is 32.1. The Kier molecular flexibility index (Phi) is 4.59. The number of rotatable bonds is 4. The molecule has 1 fully saturated rings. The molecule has 0 radical (unpaired) electrons. The van der Waals surface area contributed by atoms with Crippen LogP contribution in [0.4, 0.5) is 14.6 Å². The molecule has 1 aliphatic heterocycles. The van der Waals surface area contributed by atoms with Gasteiger partial charge in [0.05, 0.1) is 5.39 Å². The number of piperidine rings is 1. The number of benzene rings is 1. The molecule has 7 heteroatoms. The van der Waals surface area contributed by atoms with E-state index in [1.807, 2.05) is 11.4 Å². The van der Waals surface area contributed by atoms with Crippen molar-refractivity contribution in [3.8, 4) is 0 Å². The van der Waals surface area contributed by atoms with Gasteiger partial charge in [-0.2, -0.15) is 0 Å². The number of hydrogen-bond acceptors (Lipinski definition) is 5. The summed E-state index contributed by atoms with van der Waals surface area (Å²) in [4.78, 5) is 11.9. The van der Waals surface area contributed by atoms with Crippen LogP contribution in [0.15, 0.2) is 36.0 Å². The van der Waals surface area contributed by atoms with Crippen molar-refractivity contribution in [3.05, 3.63) is 53.2 Å². The van der Waals surface area contributed by atoms with Crippen molar-refractivity contribution in [2.75, 3.05) is 18.4 Å². The Morgan fingerprint density at radius 1 is 1.12 bits per heavy atom. The maximum absolute atomic E-state index is 13.3. The van der Waals surface area contributed by atoms with Crippen molar-refractivity contribution in [2.24, 2.45) is 0 Å². The van der Waals surface area contributed by atoms with Crippen LogP contribution in [-0.2, 0) is 6.54 Å². The number of halogens is 2. The Hall–Kier alpha value is -2.12. The molecule has 0 spiro atoms. The highest BCUT2D eigenvalue weighted by Crippen LogP contribution is 2.26. The van der Waals surface area contributed by atoms with Crippen LogP contribution in [0.2, 0.25) is 0 Å². The zero-order chi connectivity index (χ0) is 17.2. The van der Waals surface area contributed by atoms with Gasteiger partial charge in [0.15, 0.2) is 0 Å². The number of thiophene rings is 1. The van der Waals surface area contributed by atoms with E-state index in [-0.39, 0.29) is 0 Å². The molecule has 4 nitrogen and oxygen atoms in total. The highest BCUT2D eigenvalue weighted by molar-refractivity contribution is 7.16. The molecule has 2 aromatic heterocycles. The molecule has 0 aliphatic carbocycles. The second kappa shape index (κ2) is 7.01. The average molecular weight is 360 g/mol. The van der Waals surface area contributed by atoms with Crippen molar-refractivity contribution in [2.45, 2.75) is 25.4 Å². The molecule has 25 heavy (non-hydrogen) atoms. The normalized spacial score (nSPS) is 16.4. The lowest BCUT2D eigenvalue weighted by Crippen LogP contribution is -2.38. The number of likely N-dealkylation sites (tertiary alicyclic amines) is 1. The first kappa shape index (κ1) is 16.4. The van der Waals surface area contributed by atoms with Gasteiger partial charge in [-0.1, -0.05) is 0 Å². The Bertz CT molecular complexity index is 854. The maximum atomic E-state index is 13.3. The average Bonchev–Trinajstić information content (AvgIpc) is 3.05. The largest absolute Gasteiger partial charge is 0.367 e. The van der Waals surface area contributed by atoms with Crippen LogP contribution < -0.4 is 5.32 Å². The molecule has 0 saturated carbocycles. The topological polar surface area (TPSA) is 41.0 Å². The molecule has 0 amide bonds. The molecule has 1 aliphatic rings. The highest BCUT2D eigenvalue weighted by Gasteiger charge is 2.20. The van der Waals surface area contributed by atoms with Crippen LogP contribution in [0.5, 0.6) is 0 Å². The van der Waals surface area contributed by atoms with E-state index < -0.39 is 11.6 Å². The smallest absolute Gasteiger partial charge is 0.138 e. The summed E-state index contributed by atoms with van der Waals surface area (Å²) in [6.45, 7) is 2.34. The summed E-state index contributed by atoms with van der Waals surface area (Å²) in [7, 11) is 0. The van der Waals surface area contributed by atoms with Crippen molar-refractivity contribution in [3.63, 3.8) is 0 Å². The monoisotopic (exact) mass is 360 g/mol. The van der Waals surface area contributed by atoms with Crippen molar-refractivity contribution >= 4 is 27.4 Å². The Labute approximate surface area is 148 Å². The van der Waals surface area contributed by atoms with Crippen LogP contribution in [0, 0.1) is 11.6 Å². The van der Waals surface area contributed by atoms with Crippen molar-refractivity contribution < 1.29 is 8.78 Å².